The number of halogens is 1. The van der Waals surface area contributed by atoms with Crippen molar-refractivity contribution in [3.63, 3.8) is 0 Å². The van der Waals surface area contributed by atoms with Crippen molar-refractivity contribution < 1.29 is 4.39 Å². The molecule has 1 aromatic rings. The molecule has 0 fully saturated rings. The van der Waals surface area contributed by atoms with Gasteiger partial charge in [-0.15, -0.1) is 0 Å². The first-order chi connectivity index (χ1) is 7.96. The van der Waals surface area contributed by atoms with Gasteiger partial charge in [0, 0.05) is 18.1 Å². The summed E-state index contributed by atoms with van der Waals surface area (Å²) in [7, 11) is 0. The molecule has 2 nitrogen and oxygen atoms in total. The molecule has 1 heterocycles. The molecule has 0 aromatic heterocycles. The van der Waals surface area contributed by atoms with Gasteiger partial charge < -0.3 is 10.6 Å². The zero-order valence-electron chi connectivity index (χ0n) is 10.8. The van der Waals surface area contributed by atoms with Gasteiger partial charge in [-0.2, -0.15) is 0 Å². The molecule has 0 amide bonds. The van der Waals surface area contributed by atoms with Gasteiger partial charge in [-0.1, -0.05) is 12.1 Å². The predicted octanol–water partition coefficient (Wildman–Crippen LogP) is 2.94. The Kier molecular flexibility index (Phi) is 3.38. The van der Waals surface area contributed by atoms with Crippen molar-refractivity contribution in [2.24, 2.45) is 0 Å². The van der Waals surface area contributed by atoms with E-state index >= 15 is 0 Å². The summed E-state index contributed by atoms with van der Waals surface area (Å²) in [6, 6.07) is 5.62. The molecule has 3 heteroatoms. The number of para-hydroxylation sites is 1. The lowest BCUT2D eigenvalue weighted by Gasteiger charge is -2.30. The monoisotopic (exact) mass is 236 g/mol. The van der Waals surface area contributed by atoms with Gasteiger partial charge in [0.05, 0.1) is 5.69 Å². The molecular weight excluding hydrogens is 215 g/mol. The smallest absolute Gasteiger partial charge is 0.146 e. The van der Waals surface area contributed by atoms with Crippen LogP contribution in [-0.4, -0.2) is 18.1 Å². The summed E-state index contributed by atoms with van der Waals surface area (Å²) < 4.78 is 13.6. The van der Waals surface area contributed by atoms with Crippen molar-refractivity contribution in [2.45, 2.75) is 45.2 Å². The number of rotatable bonds is 2. The van der Waals surface area contributed by atoms with E-state index in [1.165, 1.54) is 6.07 Å². The average Bonchev–Trinajstić information content (AvgIpc) is 2.26. The number of hydrogen-bond acceptors (Lipinski definition) is 2. The van der Waals surface area contributed by atoms with Crippen molar-refractivity contribution in [1.29, 1.82) is 0 Å². The standard InChI is InChI=1S/C14H21FN2/c1-14(2,3)16-9-11-8-7-10-5-4-6-12(15)13(10)17-11/h4-6,11,16-17H,7-9H2,1-3H3. The van der Waals surface area contributed by atoms with Crippen LogP contribution >= 0.6 is 0 Å². The number of benzene rings is 1. The number of anilines is 1. The van der Waals surface area contributed by atoms with Gasteiger partial charge >= 0.3 is 0 Å². The summed E-state index contributed by atoms with van der Waals surface area (Å²) >= 11 is 0. The molecule has 0 aliphatic carbocycles. The molecule has 0 radical (unpaired) electrons. The lowest BCUT2D eigenvalue weighted by Crippen LogP contribution is -2.44. The summed E-state index contributed by atoms with van der Waals surface area (Å²) in [4.78, 5) is 0. The van der Waals surface area contributed by atoms with Gasteiger partial charge in [0.1, 0.15) is 5.82 Å². The SMILES string of the molecule is CC(C)(C)NCC1CCc2cccc(F)c2N1. The van der Waals surface area contributed by atoms with E-state index in [4.69, 9.17) is 0 Å². The zero-order chi connectivity index (χ0) is 12.5. The molecule has 2 N–H and O–H groups in total. The molecule has 0 bridgehead atoms. The van der Waals surface area contributed by atoms with Crippen LogP contribution in [0.1, 0.15) is 32.8 Å². The maximum absolute atomic E-state index is 13.6. The zero-order valence-corrected chi connectivity index (χ0v) is 10.8. The van der Waals surface area contributed by atoms with E-state index in [0.29, 0.717) is 11.7 Å². The molecule has 0 spiro atoms. The Morgan fingerprint density at radius 1 is 1.41 bits per heavy atom. The van der Waals surface area contributed by atoms with E-state index in [1.54, 1.807) is 6.07 Å². The van der Waals surface area contributed by atoms with E-state index in [9.17, 15) is 4.39 Å². The average molecular weight is 236 g/mol. The third kappa shape index (κ3) is 3.19. The quantitative estimate of drug-likeness (QED) is 0.825. The van der Waals surface area contributed by atoms with Crippen molar-refractivity contribution in [2.75, 3.05) is 11.9 Å². The second-order valence-corrected chi connectivity index (χ2v) is 5.78. The van der Waals surface area contributed by atoms with Gasteiger partial charge in [-0.05, 0) is 45.2 Å². The van der Waals surface area contributed by atoms with Crippen molar-refractivity contribution in [1.82, 2.24) is 5.32 Å². The fourth-order valence-corrected chi connectivity index (χ4v) is 2.13. The second kappa shape index (κ2) is 4.65. The summed E-state index contributed by atoms with van der Waals surface area (Å²) in [5.74, 6) is -0.136. The third-order valence-corrected chi connectivity index (χ3v) is 3.09. The first kappa shape index (κ1) is 12.4. The summed E-state index contributed by atoms with van der Waals surface area (Å²) in [5, 5.41) is 6.76. The summed E-state index contributed by atoms with van der Waals surface area (Å²) in [6.45, 7) is 7.30. The Balaban J connectivity index is 2.01. The van der Waals surface area contributed by atoms with Crippen LogP contribution in [0.3, 0.4) is 0 Å². The van der Waals surface area contributed by atoms with Gasteiger partial charge in [-0.25, -0.2) is 4.39 Å². The minimum absolute atomic E-state index is 0.108. The number of fused-ring (bicyclic) bond motifs is 1. The number of hydrogen-bond donors (Lipinski definition) is 2. The number of aryl methyl sites for hydroxylation is 1. The Bertz CT molecular complexity index is 396. The van der Waals surface area contributed by atoms with Gasteiger partial charge in [-0.3, -0.25) is 0 Å². The lowest BCUT2D eigenvalue weighted by molar-refractivity contribution is 0.403. The maximum Gasteiger partial charge on any atom is 0.146 e. The second-order valence-electron chi connectivity index (χ2n) is 5.78. The van der Waals surface area contributed by atoms with Crippen LogP contribution in [0.25, 0.3) is 0 Å². The summed E-state index contributed by atoms with van der Waals surface area (Å²) in [6.07, 6.45) is 2.01. The highest BCUT2D eigenvalue weighted by Gasteiger charge is 2.21. The number of nitrogens with one attached hydrogen (secondary N) is 2. The van der Waals surface area contributed by atoms with Crippen LogP contribution in [0.5, 0.6) is 0 Å². The van der Waals surface area contributed by atoms with Crippen molar-refractivity contribution in [3.05, 3.63) is 29.6 Å². The van der Waals surface area contributed by atoms with Crippen LogP contribution in [0, 0.1) is 5.82 Å². The molecule has 17 heavy (non-hydrogen) atoms. The Morgan fingerprint density at radius 3 is 2.88 bits per heavy atom. The van der Waals surface area contributed by atoms with Crippen LogP contribution in [0.2, 0.25) is 0 Å². The highest BCUT2D eigenvalue weighted by molar-refractivity contribution is 5.55. The van der Waals surface area contributed by atoms with E-state index < -0.39 is 0 Å². The van der Waals surface area contributed by atoms with Crippen molar-refractivity contribution >= 4 is 5.69 Å². The molecule has 0 saturated carbocycles. The maximum atomic E-state index is 13.6. The third-order valence-electron chi connectivity index (χ3n) is 3.09. The molecule has 1 aliphatic rings. The predicted molar refractivity (Wildman–Crippen MR) is 69.9 cm³/mol. The fourth-order valence-electron chi connectivity index (χ4n) is 2.13. The minimum atomic E-state index is -0.136. The van der Waals surface area contributed by atoms with Crippen LogP contribution in [-0.2, 0) is 6.42 Å². The van der Waals surface area contributed by atoms with Gasteiger partial charge in [0.15, 0.2) is 0 Å². The molecule has 1 aliphatic heterocycles. The van der Waals surface area contributed by atoms with E-state index in [0.717, 1.165) is 24.9 Å². The molecule has 2 rings (SSSR count). The molecular formula is C14H21FN2. The van der Waals surface area contributed by atoms with Crippen LogP contribution < -0.4 is 10.6 Å². The van der Waals surface area contributed by atoms with Crippen molar-refractivity contribution in [3.8, 4) is 0 Å². The Labute approximate surface area is 103 Å². The minimum Gasteiger partial charge on any atom is -0.378 e. The van der Waals surface area contributed by atoms with Crippen LogP contribution in [0.4, 0.5) is 10.1 Å². The highest BCUT2D eigenvalue weighted by Crippen LogP contribution is 2.27. The van der Waals surface area contributed by atoms with Gasteiger partial charge in [0.25, 0.3) is 0 Å². The first-order valence-corrected chi connectivity index (χ1v) is 6.25. The molecule has 1 atom stereocenters. The van der Waals surface area contributed by atoms with Crippen LogP contribution in [0.15, 0.2) is 18.2 Å². The molecule has 0 saturated heterocycles. The Hall–Kier alpha value is -1.09. The first-order valence-electron chi connectivity index (χ1n) is 6.25. The van der Waals surface area contributed by atoms with E-state index in [-0.39, 0.29) is 11.4 Å². The molecule has 94 valence electrons. The van der Waals surface area contributed by atoms with Gasteiger partial charge in [0.2, 0.25) is 0 Å². The lowest BCUT2D eigenvalue weighted by atomic mass is 9.97. The van der Waals surface area contributed by atoms with E-state index in [1.807, 2.05) is 6.07 Å². The highest BCUT2D eigenvalue weighted by atomic mass is 19.1. The topological polar surface area (TPSA) is 24.1 Å². The Morgan fingerprint density at radius 2 is 2.18 bits per heavy atom. The molecule has 1 aromatic carbocycles. The largest absolute Gasteiger partial charge is 0.378 e. The normalized spacial score (nSPS) is 19.6. The molecule has 1 unspecified atom stereocenters. The summed E-state index contributed by atoms with van der Waals surface area (Å²) in [5.41, 5.74) is 1.90. The van der Waals surface area contributed by atoms with E-state index in [2.05, 4.69) is 31.4 Å². The fraction of sp³-hybridized carbons (Fsp3) is 0.571.